The number of hydrogen-bond acceptors (Lipinski definition) is 8. The van der Waals surface area contributed by atoms with Gasteiger partial charge in [-0.15, -0.1) is 0 Å². The average Bonchev–Trinajstić information content (AvgIpc) is 3.55. The number of methoxy groups -OCH3 is 3. The van der Waals surface area contributed by atoms with Crippen molar-refractivity contribution in [1.29, 1.82) is 5.26 Å². The van der Waals surface area contributed by atoms with E-state index in [2.05, 4.69) is 26.8 Å². The van der Waals surface area contributed by atoms with Gasteiger partial charge in [0.05, 0.1) is 21.3 Å². The average molecular weight is 524 g/mol. The number of fused-ring (bicyclic) bond motifs is 1. The van der Waals surface area contributed by atoms with Gasteiger partial charge >= 0.3 is 0 Å². The highest BCUT2D eigenvalue weighted by atomic mass is 16.5. The zero-order valence-corrected chi connectivity index (χ0v) is 21.5. The number of nitrogens with zero attached hydrogens (tertiary/aromatic N) is 4. The number of nitriles is 1. The molecule has 11 heteroatoms. The van der Waals surface area contributed by atoms with Crippen LogP contribution in [0.5, 0.6) is 17.2 Å². The van der Waals surface area contributed by atoms with E-state index in [0.29, 0.717) is 57.6 Å². The smallest absolute Gasteiger partial charge is 0.251 e. The largest absolute Gasteiger partial charge is 0.493 e. The van der Waals surface area contributed by atoms with Crippen molar-refractivity contribution in [2.24, 2.45) is 0 Å². The highest BCUT2D eigenvalue weighted by Crippen LogP contribution is 2.43. The summed E-state index contributed by atoms with van der Waals surface area (Å²) in [6.45, 7) is 0.372. The molecule has 3 heterocycles. The van der Waals surface area contributed by atoms with Crippen LogP contribution in [-0.2, 0) is 6.54 Å². The van der Waals surface area contributed by atoms with Crippen molar-refractivity contribution in [2.75, 3.05) is 26.6 Å². The first kappa shape index (κ1) is 25.2. The lowest BCUT2D eigenvalue weighted by atomic mass is 10.1. The van der Waals surface area contributed by atoms with Gasteiger partial charge in [-0.05, 0) is 42.0 Å². The molecule has 0 bridgehead atoms. The molecule has 1 amide bonds. The van der Waals surface area contributed by atoms with Gasteiger partial charge in [0.25, 0.3) is 5.91 Å². The topological polar surface area (TPSA) is 139 Å². The predicted octanol–water partition coefficient (Wildman–Crippen LogP) is 4.30. The van der Waals surface area contributed by atoms with Crippen LogP contribution in [-0.4, -0.2) is 46.8 Å². The molecule has 0 spiro atoms. The fourth-order valence-electron chi connectivity index (χ4n) is 4.17. The van der Waals surface area contributed by atoms with Crippen molar-refractivity contribution >= 4 is 23.1 Å². The Morgan fingerprint density at radius 2 is 1.72 bits per heavy atom. The number of imidazole rings is 1. The number of anilines is 2. The molecule has 0 saturated carbocycles. The lowest BCUT2D eigenvalue weighted by molar-refractivity contribution is 0.0951. The minimum absolute atomic E-state index is 0.170. The van der Waals surface area contributed by atoms with Crippen LogP contribution in [0.15, 0.2) is 67.1 Å². The van der Waals surface area contributed by atoms with E-state index in [1.807, 2.05) is 24.3 Å². The van der Waals surface area contributed by atoms with Crippen LogP contribution in [0.4, 0.5) is 11.5 Å². The Labute approximate surface area is 224 Å². The third-order valence-electron chi connectivity index (χ3n) is 6.13. The van der Waals surface area contributed by atoms with Crippen molar-refractivity contribution in [3.05, 3.63) is 83.8 Å². The van der Waals surface area contributed by atoms with E-state index < -0.39 is 0 Å². The molecule has 0 aliphatic carbocycles. The molecule has 0 unspecified atom stereocenters. The van der Waals surface area contributed by atoms with Gasteiger partial charge in [0.2, 0.25) is 5.75 Å². The zero-order chi connectivity index (χ0) is 27.4. The summed E-state index contributed by atoms with van der Waals surface area (Å²) in [7, 11) is 4.64. The first-order valence-electron chi connectivity index (χ1n) is 11.9. The SMILES string of the molecule is COc1cc(-c2nc3c(C#N)c[nH]n3c2Nc2ccc(CNC(=O)c3ccncc3)cc2)cc(OC)c1OC. The van der Waals surface area contributed by atoms with Crippen LogP contribution in [0, 0.1) is 11.3 Å². The van der Waals surface area contributed by atoms with Crippen molar-refractivity contribution in [3.63, 3.8) is 0 Å². The fourth-order valence-corrected chi connectivity index (χ4v) is 4.17. The van der Waals surface area contributed by atoms with E-state index in [9.17, 15) is 10.1 Å². The minimum atomic E-state index is -0.170. The fraction of sp³-hybridized carbons (Fsp3) is 0.143. The lowest BCUT2D eigenvalue weighted by Gasteiger charge is -2.14. The van der Waals surface area contributed by atoms with Gasteiger partial charge in [-0.2, -0.15) is 5.26 Å². The maximum absolute atomic E-state index is 12.3. The highest BCUT2D eigenvalue weighted by Gasteiger charge is 2.22. The predicted molar refractivity (Wildman–Crippen MR) is 144 cm³/mol. The van der Waals surface area contributed by atoms with Gasteiger partial charge < -0.3 is 24.8 Å². The minimum Gasteiger partial charge on any atom is -0.493 e. The van der Waals surface area contributed by atoms with Crippen LogP contribution in [0.2, 0.25) is 0 Å². The summed E-state index contributed by atoms with van der Waals surface area (Å²) < 4.78 is 18.2. The van der Waals surface area contributed by atoms with Crippen LogP contribution >= 0.6 is 0 Å². The number of hydrogen-bond donors (Lipinski definition) is 3. The molecule has 3 aromatic heterocycles. The number of pyridine rings is 1. The monoisotopic (exact) mass is 523 g/mol. The van der Waals surface area contributed by atoms with Crippen molar-refractivity contribution in [3.8, 4) is 34.6 Å². The van der Waals surface area contributed by atoms with Crippen LogP contribution in [0.3, 0.4) is 0 Å². The summed E-state index contributed by atoms with van der Waals surface area (Å²) >= 11 is 0. The first-order valence-corrected chi connectivity index (χ1v) is 11.9. The molecule has 39 heavy (non-hydrogen) atoms. The number of aromatic amines is 1. The zero-order valence-electron chi connectivity index (χ0n) is 21.5. The Hall–Kier alpha value is -5.50. The number of aromatic nitrogens is 4. The molecular weight excluding hydrogens is 498 g/mol. The lowest BCUT2D eigenvalue weighted by Crippen LogP contribution is -2.22. The van der Waals surface area contributed by atoms with E-state index >= 15 is 0 Å². The van der Waals surface area contributed by atoms with Gasteiger partial charge in [0.15, 0.2) is 23.0 Å². The normalized spacial score (nSPS) is 10.6. The summed E-state index contributed by atoms with van der Waals surface area (Å²) in [5.41, 5.74) is 4.40. The molecule has 196 valence electrons. The van der Waals surface area contributed by atoms with Gasteiger partial charge in [0, 0.05) is 41.9 Å². The quantitative estimate of drug-likeness (QED) is 0.260. The molecule has 2 aromatic carbocycles. The Bertz CT molecular complexity index is 1640. The molecule has 0 atom stereocenters. The van der Waals surface area contributed by atoms with E-state index in [1.165, 1.54) is 0 Å². The van der Waals surface area contributed by atoms with E-state index in [4.69, 9.17) is 19.2 Å². The van der Waals surface area contributed by atoms with Gasteiger partial charge in [-0.3, -0.25) is 14.9 Å². The van der Waals surface area contributed by atoms with Crippen LogP contribution in [0.1, 0.15) is 21.5 Å². The molecule has 3 N–H and O–H groups in total. The summed E-state index contributed by atoms with van der Waals surface area (Å²) in [6.07, 6.45) is 4.76. The van der Waals surface area contributed by atoms with E-state index in [0.717, 1.165) is 11.3 Å². The number of carbonyl (C=O) groups is 1. The number of nitrogens with one attached hydrogen (secondary N) is 3. The Morgan fingerprint density at radius 1 is 1.03 bits per heavy atom. The third-order valence-corrected chi connectivity index (χ3v) is 6.13. The Kier molecular flexibility index (Phi) is 7.00. The number of amides is 1. The van der Waals surface area contributed by atoms with Crippen LogP contribution in [0.25, 0.3) is 16.9 Å². The Morgan fingerprint density at radius 3 is 2.33 bits per heavy atom. The first-order chi connectivity index (χ1) is 19.1. The molecule has 0 aliphatic rings. The second kappa shape index (κ2) is 10.9. The molecule has 11 nitrogen and oxygen atoms in total. The molecule has 0 saturated heterocycles. The van der Waals surface area contributed by atoms with E-state index in [1.54, 1.807) is 68.7 Å². The number of rotatable bonds is 9. The summed E-state index contributed by atoms with van der Waals surface area (Å²) in [5.74, 6) is 1.87. The van der Waals surface area contributed by atoms with Crippen LogP contribution < -0.4 is 24.8 Å². The molecular formula is C28H25N7O4. The van der Waals surface area contributed by atoms with E-state index in [-0.39, 0.29) is 5.91 Å². The molecule has 0 aliphatic heterocycles. The standard InChI is InChI=1S/C28H25N7O4/c1-37-22-12-19(13-23(38-2)25(22)39-3)24-27(35-26(34-24)20(14-29)16-32-35)33-21-6-4-17(5-7-21)15-31-28(36)18-8-10-30-11-9-18/h4-13,16,32-33H,15H2,1-3H3,(H,31,36). The summed E-state index contributed by atoms with van der Waals surface area (Å²) in [5, 5.41) is 19.0. The van der Waals surface area contributed by atoms with Crippen molar-refractivity contribution < 1.29 is 19.0 Å². The number of carbonyl (C=O) groups excluding carboxylic acids is 1. The van der Waals surface area contributed by atoms with Crippen molar-refractivity contribution in [2.45, 2.75) is 6.54 Å². The maximum Gasteiger partial charge on any atom is 0.251 e. The van der Waals surface area contributed by atoms with Crippen molar-refractivity contribution in [1.82, 2.24) is 24.9 Å². The molecule has 5 rings (SSSR count). The molecule has 5 aromatic rings. The third kappa shape index (κ3) is 4.91. The second-order valence-electron chi connectivity index (χ2n) is 8.42. The number of H-pyrrole nitrogens is 1. The van der Waals surface area contributed by atoms with Gasteiger partial charge in [0.1, 0.15) is 17.3 Å². The Balaban J connectivity index is 1.45. The second-order valence-corrected chi connectivity index (χ2v) is 8.42. The molecule has 0 fully saturated rings. The maximum atomic E-state index is 12.3. The van der Waals surface area contributed by atoms with Gasteiger partial charge in [-0.25, -0.2) is 9.50 Å². The highest BCUT2D eigenvalue weighted by molar-refractivity contribution is 5.94. The summed E-state index contributed by atoms with van der Waals surface area (Å²) in [6, 6.07) is 16.7. The van der Waals surface area contributed by atoms with Gasteiger partial charge in [-0.1, -0.05) is 12.1 Å². The number of ether oxygens (including phenoxy) is 3. The molecule has 0 radical (unpaired) electrons. The number of benzene rings is 2. The summed E-state index contributed by atoms with van der Waals surface area (Å²) in [4.78, 5) is 21.0.